The van der Waals surface area contributed by atoms with Gasteiger partial charge in [0.2, 0.25) is 0 Å². The number of hydrogen-bond acceptors (Lipinski definition) is 3. The molecule has 0 amide bonds. The van der Waals surface area contributed by atoms with Crippen LogP contribution in [0.1, 0.15) is 51.7 Å². The molecule has 3 nitrogen and oxygen atoms in total. The monoisotopic (exact) mass is 451 g/mol. The molecule has 1 aromatic rings. The van der Waals surface area contributed by atoms with Gasteiger partial charge in [-0.25, -0.2) is 0 Å². The normalized spacial score (nSPS) is 18.5. The van der Waals surface area contributed by atoms with Crippen LogP contribution in [0, 0.1) is 0 Å². The maximum atomic E-state index is 5.92. The number of benzene rings is 1. The molecular formula is C18H27O3Se2. The molecule has 0 saturated heterocycles. The molecule has 0 aromatic heterocycles. The third-order valence-electron chi connectivity index (χ3n) is 4.74. The Kier molecular flexibility index (Phi) is 6.64. The Balaban J connectivity index is 2.27. The SMILES string of the molecule is COCCOCOc1cc2c(cc1[Se][Se])C(C)(C)CCC2(C)C. The molecule has 0 heterocycles. The van der Waals surface area contributed by atoms with Crippen molar-refractivity contribution < 1.29 is 14.2 Å². The van der Waals surface area contributed by atoms with Crippen LogP contribution >= 0.6 is 0 Å². The minimum absolute atomic E-state index is 0.197. The molecule has 1 aliphatic carbocycles. The molecule has 0 bridgehead atoms. The summed E-state index contributed by atoms with van der Waals surface area (Å²) in [6.45, 7) is 10.8. The van der Waals surface area contributed by atoms with Crippen LogP contribution in [0.5, 0.6) is 5.75 Å². The summed E-state index contributed by atoms with van der Waals surface area (Å²) in [7, 11) is 1.67. The molecule has 1 aromatic carbocycles. The summed E-state index contributed by atoms with van der Waals surface area (Å²) in [6, 6.07) is 4.61. The molecule has 1 radical (unpaired) electrons. The molecule has 129 valence electrons. The molecular weight excluding hydrogens is 422 g/mol. The summed E-state index contributed by atoms with van der Waals surface area (Å²) in [5, 5.41) is 0. The van der Waals surface area contributed by atoms with Crippen molar-refractivity contribution in [3.8, 4) is 5.75 Å². The van der Waals surface area contributed by atoms with E-state index in [1.165, 1.54) is 28.4 Å². The van der Waals surface area contributed by atoms with Crippen molar-refractivity contribution in [3.63, 3.8) is 0 Å². The minimum atomic E-state index is 0.197. The Morgan fingerprint density at radius 2 is 1.65 bits per heavy atom. The molecule has 0 N–H and O–H groups in total. The van der Waals surface area contributed by atoms with Gasteiger partial charge in [-0.1, -0.05) is 0 Å². The average molecular weight is 449 g/mol. The van der Waals surface area contributed by atoms with E-state index in [-0.39, 0.29) is 30.8 Å². The molecule has 0 unspecified atom stereocenters. The molecule has 0 spiro atoms. The van der Waals surface area contributed by atoms with Crippen molar-refractivity contribution >= 4 is 31.8 Å². The Morgan fingerprint density at radius 1 is 1.04 bits per heavy atom. The van der Waals surface area contributed by atoms with Gasteiger partial charge in [-0.2, -0.15) is 0 Å². The Morgan fingerprint density at radius 3 is 2.22 bits per heavy atom. The van der Waals surface area contributed by atoms with Crippen molar-refractivity contribution in [2.75, 3.05) is 27.1 Å². The van der Waals surface area contributed by atoms with Gasteiger partial charge in [-0.3, -0.25) is 0 Å². The molecule has 2 rings (SSSR count). The zero-order valence-electron chi connectivity index (χ0n) is 14.7. The predicted octanol–water partition coefficient (Wildman–Crippen LogP) is 2.45. The van der Waals surface area contributed by atoms with Gasteiger partial charge in [0, 0.05) is 0 Å². The summed E-state index contributed by atoms with van der Waals surface area (Å²) >= 11 is 3.46. The van der Waals surface area contributed by atoms with Crippen LogP contribution in [0.4, 0.5) is 0 Å². The Bertz CT molecular complexity index is 541. The second-order valence-electron chi connectivity index (χ2n) is 7.36. The number of fused-ring (bicyclic) bond motifs is 1. The van der Waals surface area contributed by atoms with E-state index >= 15 is 0 Å². The Labute approximate surface area is 153 Å². The van der Waals surface area contributed by atoms with Crippen molar-refractivity contribution in [1.29, 1.82) is 0 Å². The third kappa shape index (κ3) is 4.54. The van der Waals surface area contributed by atoms with Crippen molar-refractivity contribution in [2.45, 2.75) is 51.4 Å². The van der Waals surface area contributed by atoms with Crippen molar-refractivity contribution in [1.82, 2.24) is 0 Å². The first-order chi connectivity index (χ1) is 10.8. The number of rotatable bonds is 7. The van der Waals surface area contributed by atoms with Crippen LogP contribution in [-0.4, -0.2) is 54.4 Å². The Hall–Kier alpha value is -0.0210. The van der Waals surface area contributed by atoms with Gasteiger partial charge < -0.3 is 0 Å². The van der Waals surface area contributed by atoms with Crippen molar-refractivity contribution in [3.05, 3.63) is 23.3 Å². The molecule has 0 aliphatic heterocycles. The molecule has 1 aliphatic rings. The first-order valence-corrected chi connectivity index (χ1v) is 13.2. The van der Waals surface area contributed by atoms with Gasteiger partial charge in [0.05, 0.1) is 0 Å². The summed E-state index contributed by atoms with van der Waals surface area (Å²) in [5.74, 6) is 0.964. The van der Waals surface area contributed by atoms with E-state index < -0.39 is 0 Å². The zero-order chi connectivity index (χ0) is 17.1. The van der Waals surface area contributed by atoms with E-state index in [0.29, 0.717) is 13.2 Å². The molecule has 5 heteroatoms. The van der Waals surface area contributed by atoms with Crippen LogP contribution in [0.15, 0.2) is 12.1 Å². The van der Waals surface area contributed by atoms with E-state index in [9.17, 15) is 0 Å². The maximum absolute atomic E-state index is 5.92. The van der Waals surface area contributed by atoms with Gasteiger partial charge in [-0.05, 0) is 0 Å². The zero-order valence-corrected chi connectivity index (χ0v) is 18.2. The van der Waals surface area contributed by atoms with Crippen LogP contribution in [0.3, 0.4) is 0 Å². The molecule has 0 fully saturated rings. The van der Waals surface area contributed by atoms with Crippen LogP contribution in [0.2, 0.25) is 0 Å². The van der Waals surface area contributed by atoms with Gasteiger partial charge in [0.1, 0.15) is 0 Å². The summed E-state index contributed by atoms with van der Waals surface area (Å²) in [5.41, 5.74) is 3.34. The summed E-state index contributed by atoms with van der Waals surface area (Å²) in [6.07, 6.45) is 2.44. The number of hydrogen-bond donors (Lipinski definition) is 0. The first kappa shape index (κ1) is 19.3. The number of ether oxygens (including phenoxy) is 3. The number of methoxy groups -OCH3 is 1. The average Bonchev–Trinajstić information content (AvgIpc) is 2.51. The van der Waals surface area contributed by atoms with Crippen LogP contribution in [0.25, 0.3) is 0 Å². The van der Waals surface area contributed by atoms with Gasteiger partial charge in [-0.15, -0.1) is 0 Å². The second kappa shape index (κ2) is 7.91. The third-order valence-corrected chi connectivity index (χ3v) is 7.74. The fourth-order valence-corrected chi connectivity index (χ4v) is 5.25. The topological polar surface area (TPSA) is 27.7 Å². The first-order valence-electron chi connectivity index (χ1n) is 8.00. The van der Waals surface area contributed by atoms with Gasteiger partial charge in [0.15, 0.2) is 0 Å². The van der Waals surface area contributed by atoms with Gasteiger partial charge >= 0.3 is 153 Å². The summed E-state index contributed by atoms with van der Waals surface area (Å²) in [4.78, 5) is 0. The fourth-order valence-electron chi connectivity index (χ4n) is 3.06. The van der Waals surface area contributed by atoms with Gasteiger partial charge in [0.25, 0.3) is 0 Å². The fraction of sp³-hybridized carbons (Fsp3) is 0.667. The van der Waals surface area contributed by atoms with E-state index in [1.54, 1.807) is 7.11 Å². The quantitative estimate of drug-likeness (QED) is 0.364. The van der Waals surface area contributed by atoms with Crippen LogP contribution in [-0.2, 0) is 20.3 Å². The van der Waals surface area contributed by atoms with E-state index in [4.69, 9.17) is 14.2 Å². The van der Waals surface area contributed by atoms with E-state index in [2.05, 4.69) is 54.0 Å². The molecule has 0 saturated carbocycles. The standard InChI is InChI=1S/C18H27O3Se2/c1-17(2)6-7-18(3,4)14-11-16(23-22)15(10-13(14)17)21-12-20-9-8-19-5/h10-11H,6-9,12H2,1-5H3. The van der Waals surface area contributed by atoms with Crippen molar-refractivity contribution in [2.24, 2.45) is 0 Å². The molecule has 0 atom stereocenters. The summed E-state index contributed by atoms with van der Waals surface area (Å²) < 4.78 is 17.6. The van der Waals surface area contributed by atoms with E-state index in [0.717, 1.165) is 5.75 Å². The molecule has 23 heavy (non-hydrogen) atoms. The predicted molar refractivity (Wildman–Crippen MR) is 96.2 cm³/mol. The van der Waals surface area contributed by atoms with Crippen LogP contribution < -0.4 is 9.20 Å². The second-order valence-corrected chi connectivity index (χ2v) is 10.4. The van der Waals surface area contributed by atoms with E-state index in [1.807, 2.05) is 0 Å².